The van der Waals surface area contributed by atoms with Crippen LogP contribution in [-0.2, 0) is 14.6 Å². The van der Waals surface area contributed by atoms with E-state index in [4.69, 9.17) is 0 Å². The van der Waals surface area contributed by atoms with Gasteiger partial charge in [-0.2, -0.15) is 0 Å². The molecule has 1 heterocycles. The van der Waals surface area contributed by atoms with Crippen molar-refractivity contribution in [3.63, 3.8) is 0 Å². The number of carbonyl (C=O) groups is 1. The molecule has 0 aromatic rings. The van der Waals surface area contributed by atoms with Gasteiger partial charge in [0.2, 0.25) is 5.91 Å². The molecular weight excluding hydrogens is 288 g/mol. The summed E-state index contributed by atoms with van der Waals surface area (Å²) in [5.41, 5.74) is 0. The summed E-state index contributed by atoms with van der Waals surface area (Å²) in [4.78, 5) is 14.2. The Morgan fingerprint density at radius 3 is 2.48 bits per heavy atom. The molecule has 0 radical (unpaired) electrons. The molecule has 1 aliphatic heterocycles. The number of unbranched alkanes of at least 4 members (excludes halogenated alkanes) is 1. The van der Waals surface area contributed by atoms with Gasteiger partial charge >= 0.3 is 0 Å². The highest BCUT2D eigenvalue weighted by Crippen LogP contribution is 2.20. The molecule has 0 saturated carbocycles. The lowest BCUT2D eigenvalue weighted by Crippen LogP contribution is -2.41. The van der Waals surface area contributed by atoms with Crippen LogP contribution in [0.5, 0.6) is 0 Å². The van der Waals surface area contributed by atoms with Gasteiger partial charge in [0.25, 0.3) is 0 Å². The Hall–Kier alpha value is -0.620. The first-order valence-electron chi connectivity index (χ1n) is 8.07. The van der Waals surface area contributed by atoms with Gasteiger partial charge in [0, 0.05) is 12.3 Å². The third-order valence-electron chi connectivity index (χ3n) is 3.98. The van der Waals surface area contributed by atoms with Crippen LogP contribution >= 0.6 is 0 Å². The molecule has 124 valence electrons. The summed E-state index contributed by atoms with van der Waals surface area (Å²) in [5.74, 6) is 0.730. The van der Waals surface area contributed by atoms with Crippen molar-refractivity contribution < 1.29 is 13.2 Å². The summed E-state index contributed by atoms with van der Waals surface area (Å²) in [5, 5.41) is 3.39. The molecule has 5 nitrogen and oxygen atoms in total. The standard InChI is InChI=1S/C15H30N2O3S/c1-5-7-8-13-15(18)17(9-10-21(19,20)6-2)14(16-13)11-12(3)4/h12-14,16H,5-11H2,1-4H3. The van der Waals surface area contributed by atoms with Crippen molar-refractivity contribution in [1.82, 2.24) is 10.2 Å². The van der Waals surface area contributed by atoms with Gasteiger partial charge in [-0.3, -0.25) is 10.1 Å². The lowest BCUT2D eigenvalue weighted by Gasteiger charge is -2.25. The predicted molar refractivity (Wildman–Crippen MR) is 85.7 cm³/mol. The first-order chi connectivity index (χ1) is 9.80. The van der Waals surface area contributed by atoms with E-state index < -0.39 is 9.84 Å². The highest BCUT2D eigenvalue weighted by atomic mass is 32.2. The number of nitrogens with one attached hydrogen (secondary N) is 1. The summed E-state index contributed by atoms with van der Waals surface area (Å²) < 4.78 is 23.4. The van der Waals surface area contributed by atoms with Crippen molar-refractivity contribution in [1.29, 1.82) is 0 Å². The normalized spacial score (nSPS) is 23.3. The van der Waals surface area contributed by atoms with Crippen molar-refractivity contribution in [3.8, 4) is 0 Å². The topological polar surface area (TPSA) is 66.5 Å². The van der Waals surface area contributed by atoms with Crippen LogP contribution in [0.4, 0.5) is 0 Å². The van der Waals surface area contributed by atoms with E-state index in [1.165, 1.54) is 0 Å². The van der Waals surface area contributed by atoms with Gasteiger partial charge in [-0.25, -0.2) is 8.42 Å². The minimum Gasteiger partial charge on any atom is -0.325 e. The zero-order chi connectivity index (χ0) is 16.0. The number of amides is 1. The zero-order valence-electron chi connectivity index (χ0n) is 13.8. The minimum atomic E-state index is -3.04. The molecule has 1 aliphatic rings. The van der Waals surface area contributed by atoms with Crippen molar-refractivity contribution in [2.75, 3.05) is 18.1 Å². The van der Waals surface area contributed by atoms with E-state index in [0.29, 0.717) is 12.5 Å². The Kier molecular flexibility index (Phi) is 7.13. The Morgan fingerprint density at radius 1 is 1.29 bits per heavy atom. The van der Waals surface area contributed by atoms with Crippen LogP contribution in [0.25, 0.3) is 0 Å². The molecule has 0 bridgehead atoms. The summed E-state index contributed by atoms with van der Waals surface area (Å²) in [6.45, 7) is 8.30. The van der Waals surface area contributed by atoms with Gasteiger partial charge < -0.3 is 4.90 Å². The van der Waals surface area contributed by atoms with E-state index in [9.17, 15) is 13.2 Å². The molecule has 1 N–H and O–H groups in total. The SMILES string of the molecule is CCCCC1NC(CC(C)C)N(CCS(=O)(=O)CC)C1=O. The molecule has 6 heteroatoms. The van der Waals surface area contributed by atoms with E-state index >= 15 is 0 Å². The van der Waals surface area contributed by atoms with E-state index in [0.717, 1.165) is 25.7 Å². The van der Waals surface area contributed by atoms with Crippen molar-refractivity contribution in [2.45, 2.75) is 65.6 Å². The first-order valence-corrected chi connectivity index (χ1v) is 9.89. The van der Waals surface area contributed by atoms with Crippen LogP contribution in [-0.4, -0.2) is 49.5 Å². The summed E-state index contributed by atoms with van der Waals surface area (Å²) in [6.07, 6.45) is 3.75. The van der Waals surface area contributed by atoms with E-state index in [-0.39, 0.29) is 29.6 Å². The van der Waals surface area contributed by atoms with E-state index in [1.54, 1.807) is 11.8 Å². The van der Waals surface area contributed by atoms with Crippen LogP contribution in [0, 0.1) is 5.92 Å². The molecule has 2 atom stereocenters. The number of rotatable bonds is 9. The number of carbonyl (C=O) groups excluding carboxylic acids is 1. The molecule has 0 aromatic carbocycles. The maximum atomic E-state index is 12.5. The van der Waals surface area contributed by atoms with Gasteiger partial charge in [0.1, 0.15) is 0 Å². The maximum absolute atomic E-state index is 12.5. The summed E-state index contributed by atoms with van der Waals surface area (Å²) >= 11 is 0. The fourth-order valence-electron chi connectivity index (χ4n) is 2.65. The van der Waals surface area contributed by atoms with Crippen LogP contribution in [0.1, 0.15) is 53.4 Å². The summed E-state index contributed by atoms with van der Waals surface area (Å²) in [7, 11) is -3.04. The number of nitrogens with zero attached hydrogens (tertiary/aromatic N) is 1. The first kappa shape index (κ1) is 18.4. The van der Waals surface area contributed by atoms with Gasteiger partial charge in [-0.15, -0.1) is 0 Å². The van der Waals surface area contributed by atoms with E-state index in [2.05, 4.69) is 26.1 Å². The average molecular weight is 318 g/mol. The third-order valence-corrected chi connectivity index (χ3v) is 5.66. The predicted octanol–water partition coefficient (Wildman–Crippen LogP) is 1.78. The van der Waals surface area contributed by atoms with Gasteiger partial charge in [0.15, 0.2) is 9.84 Å². The Bertz CT molecular complexity index is 434. The molecule has 0 spiro atoms. The second-order valence-corrected chi connectivity index (χ2v) is 8.75. The Labute approximate surface area is 129 Å². The molecule has 21 heavy (non-hydrogen) atoms. The molecule has 1 saturated heterocycles. The largest absolute Gasteiger partial charge is 0.325 e. The van der Waals surface area contributed by atoms with Gasteiger partial charge in [-0.05, 0) is 18.8 Å². The lowest BCUT2D eigenvalue weighted by molar-refractivity contribution is -0.130. The smallest absolute Gasteiger partial charge is 0.241 e. The third kappa shape index (κ3) is 5.58. The minimum absolute atomic E-state index is 0.0218. The number of sulfone groups is 1. The molecule has 1 amide bonds. The van der Waals surface area contributed by atoms with Crippen molar-refractivity contribution >= 4 is 15.7 Å². The Morgan fingerprint density at radius 2 is 1.95 bits per heavy atom. The second kappa shape index (κ2) is 8.13. The average Bonchev–Trinajstić information content (AvgIpc) is 2.69. The van der Waals surface area contributed by atoms with Crippen LogP contribution in [0.15, 0.2) is 0 Å². The molecule has 2 unspecified atom stereocenters. The number of hydrogen-bond donors (Lipinski definition) is 1. The Balaban J connectivity index is 2.72. The van der Waals surface area contributed by atoms with Crippen LogP contribution in [0.2, 0.25) is 0 Å². The second-order valence-electron chi connectivity index (χ2n) is 6.27. The van der Waals surface area contributed by atoms with Crippen LogP contribution in [0.3, 0.4) is 0 Å². The monoisotopic (exact) mass is 318 g/mol. The quantitative estimate of drug-likeness (QED) is 0.704. The highest BCUT2D eigenvalue weighted by molar-refractivity contribution is 7.91. The molecule has 1 fully saturated rings. The fourth-order valence-corrected chi connectivity index (χ4v) is 3.42. The molecular formula is C15H30N2O3S. The fraction of sp³-hybridized carbons (Fsp3) is 0.933. The van der Waals surface area contributed by atoms with Crippen molar-refractivity contribution in [3.05, 3.63) is 0 Å². The van der Waals surface area contributed by atoms with E-state index in [1.807, 2.05) is 0 Å². The lowest BCUT2D eigenvalue weighted by atomic mass is 10.1. The van der Waals surface area contributed by atoms with Crippen molar-refractivity contribution in [2.24, 2.45) is 5.92 Å². The van der Waals surface area contributed by atoms with Gasteiger partial charge in [-0.1, -0.05) is 40.5 Å². The molecule has 0 aliphatic carbocycles. The highest BCUT2D eigenvalue weighted by Gasteiger charge is 2.38. The number of hydrogen-bond acceptors (Lipinski definition) is 4. The molecule has 1 rings (SSSR count). The molecule has 0 aromatic heterocycles. The van der Waals surface area contributed by atoms with Gasteiger partial charge in [0.05, 0.1) is 18.0 Å². The maximum Gasteiger partial charge on any atom is 0.241 e. The summed E-state index contributed by atoms with van der Waals surface area (Å²) in [6, 6.07) is -0.141. The van der Waals surface area contributed by atoms with Crippen LogP contribution < -0.4 is 5.32 Å². The zero-order valence-corrected chi connectivity index (χ0v) is 14.6.